The van der Waals surface area contributed by atoms with E-state index in [1.165, 1.54) is 0 Å². The summed E-state index contributed by atoms with van der Waals surface area (Å²) in [4.78, 5) is 12.8. The van der Waals surface area contributed by atoms with Crippen molar-refractivity contribution in [2.75, 3.05) is 13.7 Å². The molecule has 0 aliphatic carbocycles. The summed E-state index contributed by atoms with van der Waals surface area (Å²) < 4.78 is 10.9. The molecule has 0 aliphatic rings. The molecule has 0 aromatic heterocycles. The van der Waals surface area contributed by atoms with Gasteiger partial charge in [0.25, 0.3) is 5.91 Å². The van der Waals surface area contributed by atoms with Crippen molar-refractivity contribution in [2.24, 2.45) is 0 Å². The van der Waals surface area contributed by atoms with Crippen LogP contribution in [0.15, 0.2) is 60.7 Å². The van der Waals surface area contributed by atoms with Gasteiger partial charge in [-0.2, -0.15) is 0 Å². The minimum Gasteiger partial charge on any atom is -0.493 e. The number of carbonyl (C=O) groups excluding carboxylic acids is 1. The summed E-state index contributed by atoms with van der Waals surface area (Å²) in [6, 6.07) is 19.2. The second-order valence-corrected chi connectivity index (χ2v) is 6.07. The molecule has 134 valence electrons. The molecular formula is C22H23NO3. The lowest BCUT2D eigenvalue weighted by Crippen LogP contribution is -2.26. The van der Waals surface area contributed by atoms with Crippen molar-refractivity contribution >= 4 is 16.7 Å². The van der Waals surface area contributed by atoms with E-state index in [2.05, 4.69) is 5.32 Å². The Morgan fingerprint density at radius 1 is 1.04 bits per heavy atom. The van der Waals surface area contributed by atoms with E-state index >= 15 is 0 Å². The molecule has 1 amide bonds. The number of benzene rings is 3. The first-order valence-corrected chi connectivity index (χ1v) is 8.73. The van der Waals surface area contributed by atoms with Crippen LogP contribution in [0.1, 0.15) is 35.8 Å². The van der Waals surface area contributed by atoms with Crippen LogP contribution in [0, 0.1) is 0 Å². The summed E-state index contributed by atoms with van der Waals surface area (Å²) in [5.41, 5.74) is 1.63. The zero-order valence-corrected chi connectivity index (χ0v) is 15.3. The van der Waals surface area contributed by atoms with E-state index in [9.17, 15) is 4.79 Å². The molecule has 0 heterocycles. The first-order chi connectivity index (χ1) is 12.6. The van der Waals surface area contributed by atoms with Gasteiger partial charge in [0.15, 0.2) is 11.5 Å². The number of ether oxygens (including phenoxy) is 2. The van der Waals surface area contributed by atoms with Crippen LogP contribution >= 0.6 is 0 Å². The topological polar surface area (TPSA) is 47.6 Å². The molecule has 0 aliphatic heterocycles. The third kappa shape index (κ3) is 3.64. The normalized spacial score (nSPS) is 11.8. The van der Waals surface area contributed by atoms with E-state index in [4.69, 9.17) is 9.47 Å². The van der Waals surface area contributed by atoms with Gasteiger partial charge in [0, 0.05) is 5.56 Å². The highest BCUT2D eigenvalue weighted by Gasteiger charge is 2.15. The highest BCUT2D eigenvalue weighted by molar-refractivity contribution is 6.07. The third-order valence-corrected chi connectivity index (χ3v) is 4.37. The van der Waals surface area contributed by atoms with E-state index in [0.29, 0.717) is 23.7 Å². The Hall–Kier alpha value is -3.01. The van der Waals surface area contributed by atoms with Gasteiger partial charge in [0.2, 0.25) is 0 Å². The lowest BCUT2D eigenvalue weighted by Gasteiger charge is -2.17. The third-order valence-electron chi connectivity index (χ3n) is 4.37. The van der Waals surface area contributed by atoms with E-state index in [1.807, 2.05) is 74.5 Å². The maximum atomic E-state index is 12.8. The van der Waals surface area contributed by atoms with Crippen LogP contribution in [0.3, 0.4) is 0 Å². The molecule has 4 nitrogen and oxygen atoms in total. The largest absolute Gasteiger partial charge is 0.493 e. The molecule has 0 radical (unpaired) electrons. The molecule has 0 bridgehead atoms. The summed E-state index contributed by atoms with van der Waals surface area (Å²) in [5, 5.41) is 5.07. The molecule has 3 rings (SSSR count). The SMILES string of the molecule is CCOc1ccc(C(C)NC(=O)c2cccc3ccccc23)cc1OC. The number of methoxy groups -OCH3 is 1. The first-order valence-electron chi connectivity index (χ1n) is 8.73. The number of hydrogen-bond acceptors (Lipinski definition) is 3. The first kappa shape index (κ1) is 17.8. The molecule has 1 unspecified atom stereocenters. The molecule has 3 aromatic rings. The Kier molecular flexibility index (Phi) is 5.42. The van der Waals surface area contributed by atoms with E-state index < -0.39 is 0 Å². The Balaban J connectivity index is 1.83. The number of hydrogen-bond donors (Lipinski definition) is 1. The lowest BCUT2D eigenvalue weighted by atomic mass is 10.0. The molecule has 3 aromatic carbocycles. The van der Waals surface area contributed by atoms with Crippen LogP contribution in [-0.2, 0) is 0 Å². The van der Waals surface area contributed by atoms with Crippen LogP contribution in [0.2, 0.25) is 0 Å². The summed E-state index contributed by atoms with van der Waals surface area (Å²) in [6.07, 6.45) is 0. The Morgan fingerprint density at radius 2 is 1.81 bits per heavy atom. The minimum absolute atomic E-state index is 0.0952. The van der Waals surface area contributed by atoms with Crippen LogP contribution in [0.25, 0.3) is 10.8 Å². The quantitative estimate of drug-likeness (QED) is 0.699. The summed E-state index contributed by atoms with van der Waals surface area (Å²) >= 11 is 0. The van der Waals surface area contributed by atoms with Gasteiger partial charge in [-0.3, -0.25) is 4.79 Å². The summed E-state index contributed by atoms with van der Waals surface area (Å²) in [5.74, 6) is 1.27. The van der Waals surface area contributed by atoms with Gasteiger partial charge in [-0.25, -0.2) is 0 Å². The number of carbonyl (C=O) groups is 1. The minimum atomic E-state index is -0.161. The van der Waals surface area contributed by atoms with Crippen molar-refractivity contribution < 1.29 is 14.3 Å². The van der Waals surface area contributed by atoms with E-state index in [0.717, 1.165) is 16.3 Å². The molecule has 0 saturated carbocycles. The van der Waals surface area contributed by atoms with Gasteiger partial charge in [-0.1, -0.05) is 42.5 Å². The zero-order chi connectivity index (χ0) is 18.5. The van der Waals surface area contributed by atoms with Crippen molar-refractivity contribution in [3.63, 3.8) is 0 Å². The van der Waals surface area contributed by atoms with E-state index in [-0.39, 0.29) is 11.9 Å². The van der Waals surface area contributed by atoms with Gasteiger partial charge in [-0.05, 0) is 48.4 Å². The van der Waals surface area contributed by atoms with Gasteiger partial charge >= 0.3 is 0 Å². The van der Waals surface area contributed by atoms with E-state index in [1.54, 1.807) is 7.11 Å². The van der Waals surface area contributed by atoms with Crippen molar-refractivity contribution in [1.82, 2.24) is 5.32 Å². The lowest BCUT2D eigenvalue weighted by molar-refractivity contribution is 0.0941. The Bertz CT molecular complexity index is 915. The smallest absolute Gasteiger partial charge is 0.252 e. The van der Waals surface area contributed by atoms with Gasteiger partial charge in [0.1, 0.15) is 0 Å². The standard InChI is InChI=1S/C22H23NO3/c1-4-26-20-13-12-17(14-21(20)25-3)15(2)23-22(24)19-11-7-9-16-8-5-6-10-18(16)19/h5-15H,4H2,1-3H3,(H,23,24). The fourth-order valence-corrected chi connectivity index (χ4v) is 3.01. The molecule has 0 fully saturated rings. The second-order valence-electron chi connectivity index (χ2n) is 6.07. The van der Waals surface area contributed by atoms with Crippen LogP contribution < -0.4 is 14.8 Å². The maximum absolute atomic E-state index is 12.8. The zero-order valence-electron chi connectivity index (χ0n) is 15.3. The Labute approximate surface area is 153 Å². The fraction of sp³-hybridized carbons (Fsp3) is 0.227. The van der Waals surface area contributed by atoms with Crippen LogP contribution in [0.5, 0.6) is 11.5 Å². The maximum Gasteiger partial charge on any atom is 0.252 e. The summed E-state index contributed by atoms with van der Waals surface area (Å²) in [6.45, 7) is 4.46. The predicted molar refractivity (Wildman–Crippen MR) is 104 cm³/mol. The molecule has 26 heavy (non-hydrogen) atoms. The second kappa shape index (κ2) is 7.91. The van der Waals surface area contributed by atoms with Crippen LogP contribution in [0.4, 0.5) is 0 Å². The number of amides is 1. The molecule has 1 N–H and O–H groups in total. The fourth-order valence-electron chi connectivity index (χ4n) is 3.01. The molecule has 0 spiro atoms. The van der Waals surface area contributed by atoms with Crippen molar-refractivity contribution in [2.45, 2.75) is 19.9 Å². The van der Waals surface area contributed by atoms with Crippen molar-refractivity contribution in [1.29, 1.82) is 0 Å². The summed E-state index contributed by atoms with van der Waals surface area (Å²) in [7, 11) is 1.61. The van der Waals surface area contributed by atoms with Crippen LogP contribution in [-0.4, -0.2) is 19.6 Å². The van der Waals surface area contributed by atoms with Crippen molar-refractivity contribution in [3.05, 3.63) is 71.8 Å². The Morgan fingerprint density at radius 3 is 2.58 bits per heavy atom. The predicted octanol–water partition coefficient (Wildman–Crippen LogP) is 4.74. The monoisotopic (exact) mass is 349 g/mol. The van der Waals surface area contributed by atoms with Gasteiger partial charge in [0.05, 0.1) is 19.8 Å². The molecular weight excluding hydrogens is 326 g/mol. The highest BCUT2D eigenvalue weighted by Crippen LogP contribution is 2.30. The number of nitrogens with one attached hydrogen (secondary N) is 1. The highest BCUT2D eigenvalue weighted by atomic mass is 16.5. The number of rotatable bonds is 6. The average molecular weight is 349 g/mol. The molecule has 1 atom stereocenters. The average Bonchev–Trinajstić information content (AvgIpc) is 2.67. The molecule has 0 saturated heterocycles. The number of fused-ring (bicyclic) bond motifs is 1. The van der Waals surface area contributed by atoms with Gasteiger partial charge in [-0.15, -0.1) is 0 Å². The van der Waals surface area contributed by atoms with Crippen molar-refractivity contribution in [3.8, 4) is 11.5 Å². The van der Waals surface area contributed by atoms with Gasteiger partial charge < -0.3 is 14.8 Å². The molecule has 4 heteroatoms.